The van der Waals surface area contributed by atoms with Gasteiger partial charge in [-0.1, -0.05) is 6.08 Å². The first-order valence-corrected chi connectivity index (χ1v) is 7.88. The molecule has 0 bridgehead atoms. The van der Waals surface area contributed by atoms with Crippen molar-refractivity contribution in [3.05, 3.63) is 30.2 Å². The van der Waals surface area contributed by atoms with E-state index in [4.69, 9.17) is 5.26 Å². The van der Waals surface area contributed by atoms with Crippen LogP contribution in [0.1, 0.15) is 6.42 Å². The highest BCUT2D eigenvalue weighted by molar-refractivity contribution is 5.86. The average Bonchev–Trinajstić information content (AvgIpc) is 3.21. The lowest BCUT2D eigenvalue weighted by molar-refractivity contribution is -0.129. The van der Waals surface area contributed by atoms with E-state index in [0.717, 1.165) is 29.9 Å². The predicted octanol–water partition coefficient (Wildman–Crippen LogP) is 0.899. The summed E-state index contributed by atoms with van der Waals surface area (Å²) in [6, 6.07) is 3.88. The number of aromatic amines is 1. The van der Waals surface area contributed by atoms with Crippen LogP contribution < -0.4 is 5.43 Å². The van der Waals surface area contributed by atoms with Crippen molar-refractivity contribution >= 4 is 22.8 Å². The van der Waals surface area contributed by atoms with Crippen LogP contribution in [0, 0.1) is 17.2 Å². The summed E-state index contributed by atoms with van der Waals surface area (Å²) >= 11 is 0. The molecular weight excluding hydrogens is 306 g/mol. The van der Waals surface area contributed by atoms with Gasteiger partial charge in [-0.3, -0.25) is 4.79 Å². The zero-order valence-electron chi connectivity index (χ0n) is 13.1. The number of hydrogen-bond donors (Lipinski definition) is 2. The molecule has 0 spiro atoms. The Kier molecular flexibility index (Phi) is 3.63. The summed E-state index contributed by atoms with van der Waals surface area (Å²) in [5.74, 6) is 0.989. The van der Waals surface area contributed by atoms with Crippen LogP contribution in [-0.4, -0.2) is 56.9 Å². The molecule has 4 heterocycles. The molecule has 122 valence electrons. The summed E-state index contributed by atoms with van der Waals surface area (Å²) in [6.07, 6.45) is 5.49. The lowest BCUT2D eigenvalue weighted by Crippen LogP contribution is -2.39. The van der Waals surface area contributed by atoms with Crippen molar-refractivity contribution in [3.63, 3.8) is 0 Å². The van der Waals surface area contributed by atoms with Crippen molar-refractivity contribution in [1.29, 1.82) is 5.26 Å². The largest absolute Gasteiger partial charge is 0.346 e. The van der Waals surface area contributed by atoms with E-state index < -0.39 is 0 Å². The molecule has 2 N–H and O–H groups in total. The van der Waals surface area contributed by atoms with E-state index in [-0.39, 0.29) is 12.3 Å². The van der Waals surface area contributed by atoms with Gasteiger partial charge in [0, 0.05) is 38.3 Å². The summed E-state index contributed by atoms with van der Waals surface area (Å²) in [7, 11) is 0. The van der Waals surface area contributed by atoms with Gasteiger partial charge >= 0.3 is 0 Å². The molecule has 24 heavy (non-hydrogen) atoms. The van der Waals surface area contributed by atoms with E-state index in [1.807, 2.05) is 18.3 Å². The minimum Gasteiger partial charge on any atom is -0.346 e. The van der Waals surface area contributed by atoms with Gasteiger partial charge in [-0.15, -0.1) is 0 Å². The molecule has 0 radical (unpaired) electrons. The van der Waals surface area contributed by atoms with Gasteiger partial charge in [-0.05, 0) is 11.6 Å². The Morgan fingerprint density at radius 3 is 3.25 bits per heavy atom. The predicted molar refractivity (Wildman–Crippen MR) is 87.5 cm³/mol. The molecule has 1 unspecified atom stereocenters. The van der Waals surface area contributed by atoms with Crippen molar-refractivity contribution in [1.82, 2.24) is 24.9 Å². The van der Waals surface area contributed by atoms with E-state index >= 15 is 0 Å². The maximum absolute atomic E-state index is 11.9. The average molecular weight is 323 g/mol. The fraction of sp³-hybridized carbons (Fsp3) is 0.375. The Balaban J connectivity index is 1.45. The Hall–Kier alpha value is -2.92. The van der Waals surface area contributed by atoms with E-state index in [1.165, 1.54) is 11.9 Å². The third kappa shape index (κ3) is 2.59. The zero-order valence-corrected chi connectivity index (χ0v) is 13.1. The smallest absolute Gasteiger partial charge is 0.237 e. The maximum Gasteiger partial charge on any atom is 0.237 e. The van der Waals surface area contributed by atoms with Crippen molar-refractivity contribution in [2.45, 2.75) is 6.42 Å². The molecule has 1 saturated heterocycles. The number of carbonyl (C=O) groups is 1. The van der Waals surface area contributed by atoms with Gasteiger partial charge in [0.15, 0.2) is 5.82 Å². The van der Waals surface area contributed by atoms with Crippen LogP contribution in [0.3, 0.4) is 0 Å². The highest BCUT2D eigenvalue weighted by Gasteiger charge is 2.33. The maximum atomic E-state index is 11.9. The quantitative estimate of drug-likeness (QED) is 0.814. The summed E-state index contributed by atoms with van der Waals surface area (Å²) in [6.45, 7) is 2.88. The van der Waals surface area contributed by atoms with Crippen LogP contribution in [-0.2, 0) is 4.79 Å². The number of amides is 1. The number of hydrazine groups is 1. The van der Waals surface area contributed by atoms with E-state index in [2.05, 4.69) is 31.5 Å². The number of nitriles is 1. The number of carbonyl (C=O) groups excluding carboxylic acids is 1. The normalized spacial score (nSPS) is 20.5. The molecule has 4 rings (SSSR count). The Morgan fingerprint density at radius 2 is 2.38 bits per heavy atom. The molecule has 0 aromatic carbocycles. The molecule has 1 atom stereocenters. The first-order chi connectivity index (χ1) is 11.7. The second-order valence-electron chi connectivity index (χ2n) is 6.06. The monoisotopic (exact) mass is 323 g/mol. The number of nitrogens with zero attached hydrogens (tertiary/aromatic N) is 5. The summed E-state index contributed by atoms with van der Waals surface area (Å²) in [4.78, 5) is 25.3. The van der Waals surface area contributed by atoms with Crippen LogP contribution in [0.25, 0.3) is 11.0 Å². The van der Waals surface area contributed by atoms with E-state index in [9.17, 15) is 4.79 Å². The Bertz CT molecular complexity index is 849. The van der Waals surface area contributed by atoms with Crippen LogP contribution in [0.15, 0.2) is 30.2 Å². The highest BCUT2D eigenvalue weighted by Crippen LogP contribution is 2.28. The van der Waals surface area contributed by atoms with Gasteiger partial charge in [0.2, 0.25) is 5.91 Å². The van der Waals surface area contributed by atoms with Crippen molar-refractivity contribution < 1.29 is 4.79 Å². The first-order valence-electron chi connectivity index (χ1n) is 7.88. The number of fused-ring (bicyclic) bond motifs is 2. The van der Waals surface area contributed by atoms with Crippen molar-refractivity contribution in [2.75, 3.05) is 31.6 Å². The molecule has 2 aliphatic rings. The van der Waals surface area contributed by atoms with Crippen LogP contribution in [0.4, 0.5) is 5.82 Å². The van der Waals surface area contributed by atoms with Gasteiger partial charge in [-0.25, -0.2) is 15.0 Å². The molecular formula is C16H17N7O. The van der Waals surface area contributed by atoms with Crippen LogP contribution in [0.5, 0.6) is 0 Å². The lowest BCUT2D eigenvalue weighted by atomic mass is 9.99. The number of nitrogens with one attached hydrogen (secondary N) is 2. The fourth-order valence-electron chi connectivity index (χ4n) is 3.34. The standard InChI is InChI=1S/C16H17N7O/c17-4-1-14(24)22-7-11-3-6-23(9-12(11)8-22)21-16-13-2-5-18-15(13)19-10-20-16/h2-3,5,10,12H,1,6-9H2,(H2,18,19,20,21). The molecule has 1 fully saturated rings. The van der Waals surface area contributed by atoms with Gasteiger partial charge in [-0.2, -0.15) is 5.26 Å². The van der Waals surface area contributed by atoms with Gasteiger partial charge in [0.25, 0.3) is 0 Å². The molecule has 0 saturated carbocycles. The van der Waals surface area contributed by atoms with Crippen molar-refractivity contribution in [2.24, 2.45) is 5.92 Å². The SMILES string of the molecule is N#CCC(=O)N1CC2=CCN(Nc3ncnc4[nH]ccc34)CC2C1. The van der Waals surface area contributed by atoms with Crippen LogP contribution >= 0.6 is 0 Å². The Morgan fingerprint density at radius 1 is 1.46 bits per heavy atom. The minimum atomic E-state index is -0.0860. The molecule has 2 aromatic rings. The number of anilines is 1. The molecule has 8 nitrogen and oxygen atoms in total. The molecule has 0 aliphatic carbocycles. The Labute approximate surface area is 138 Å². The summed E-state index contributed by atoms with van der Waals surface area (Å²) in [5.41, 5.74) is 5.44. The van der Waals surface area contributed by atoms with E-state index in [0.29, 0.717) is 19.0 Å². The third-order valence-corrected chi connectivity index (χ3v) is 4.55. The number of rotatable bonds is 3. The highest BCUT2D eigenvalue weighted by atomic mass is 16.2. The number of H-pyrrole nitrogens is 1. The molecule has 2 aliphatic heterocycles. The topological polar surface area (TPSA) is 101 Å². The van der Waals surface area contributed by atoms with E-state index in [1.54, 1.807) is 4.90 Å². The number of aromatic nitrogens is 3. The summed E-state index contributed by atoms with van der Waals surface area (Å²) in [5, 5.41) is 11.7. The summed E-state index contributed by atoms with van der Waals surface area (Å²) < 4.78 is 0. The third-order valence-electron chi connectivity index (χ3n) is 4.55. The van der Waals surface area contributed by atoms with Gasteiger partial charge in [0.05, 0.1) is 11.5 Å². The minimum absolute atomic E-state index is 0.0473. The fourth-order valence-corrected chi connectivity index (χ4v) is 3.34. The molecule has 1 amide bonds. The van der Waals surface area contributed by atoms with Gasteiger partial charge in [0.1, 0.15) is 18.4 Å². The second-order valence-corrected chi connectivity index (χ2v) is 6.06. The zero-order chi connectivity index (χ0) is 16.5. The second kappa shape index (κ2) is 5.94. The van der Waals surface area contributed by atoms with Crippen LogP contribution in [0.2, 0.25) is 0 Å². The number of hydrogen-bond acceptors (Lipinski definition) is 6. The lowest BCUT2D eigenvalue weighted by Gasteiger charge is -2.29. The molecule has 2 aromatic heterocycles. The number of likely N-dealkylation sites (tertiary alicyclic amines) is 1. The van der Waals surface area contributed by atoms with Crippen molar-refractivity contribution in [3.8, 4) is 6.07 Å². The first kappa shape index (κ1) is 14.7. The van der Waals surface area contributed by atoms with Gasteiger partial charge < -0.3 is 15.3 Å². The molecule has 8 heteroatoms.